The standard InChI is InChI=1S/C12H13BrFN5/c1-6-11(16-7(2)17-12(6)19-15)18-8-3-4-9(13)10(14)5-8/h3-5H,15H2,1-2H3,(H2,16,17,18,19). The van der Waals surface area contributed by atoms with Crippen LogP contribution in [-0.4, -0.2) is 9.97 Å². The van der Waals surface area contributed by atoms with Crippen molar-refractivity contribution in [1.29, 1.82) is 0 Å². The largest absolute Gasteiger partial charge is 0.340 e. The van der Waals surface area contributed by atoms with Gasteiger partial charge in [-0.3, -0.25) is 0 Å². The molecule has 0 spiro atoms. The number of anilines is 3. The van der Waals surface area contributed by atoms with E-state index in [1.807, 2.05) is 6.92 Å². The number of nitrogens with two attached hydrogens (primary N) is 1. The third-order valence-electron chi connectivity index (χ3n) is 2.58. The Balaban J connectivity index is 2.37. The van der Waals surface area contributed by atoms with Crippen molar-refractivity contribution in [2.75, 3.05) is 10.7 Å². The maximum Gasteiger partial charge on any atom is 0.148 e. The monoisotopic (exact) mass is 325 g/mol. The second kappa shape index (κ2) is 5.50. The number of hydrogen-bond donors (Lipinski definition) is 3. The van der Waals surface area contributed by atoms with Crippen molar-refractivity contribution >= 4 is 33.3 Å². The molecule has 1 aromatic carbocycles. The third-order valence-corrected chi connectivity index (χ3v) is 3.22. The first-order valence-corrected chi connectivity index (χ1v) is 6.34. The number of aryl methyl sites for hydroxylation is 1. The number of aromatic nitrogens is 2. The summed E-state index contributed by atoms with van der Waals surface area (Å²) in [6, 6.07) is 4.76. The van der Waals surface area contributed by atoms with Crippen LogP contribution in [0.3, 0.4) is 0 Å². The Morgan fingerprint density at radius 1 is 1.21 bits per heavy atom. The molecule has 0 atom stereocenters. The van der Waals surface area contributed by atoms with Gasteiger partial charge in [0.1, 0.15) is 23.3 Å². The van der Waals surface area contributed by atoms with Crippen molar-refractivity contribution in [1.82, 2.24) is 9.97 Å². The van der Waals surface area contributed by atoms with Gasteiger partial charge >= 0.3 is 0 Å². The molecule has 0 bridgehead atoms. The lowest BCUT2D eigenvalue weighted by Gasteiger charge is -2.12. The summed E-state index contributed by atoms with van der Waals surface area (Å²) in [7, 11) is 0. The predicted octanol–water partition coefficient (Wildman–Crippen LogP) is 3.02. The first-order valence-electron chi connectivity index (χ1n) is 5.55. The SMILES string of the molecule is Cc1nc(NN)c(C)c(Nc2ccc(Br)c(F)c2)n1. The molecule has 2 rings (SSSR count). The maximum atomic E-state index is 13.5. The molecule has 0 aliphatic rings. The van der Waals surface area contributed by atoms with Crippen molar-refractivity contribution in [2.45, 2.75) is 13.8 Å². The highest BCUT2D eigenvalue weighted by molar-refractivity contribution is 9.10. The molecule has 7 heteroatoms. The van der Waals surface area contributed by atoms with Crippen LogP contribution in [-0.2, 0) is 0 Å². The first kappa shape index (κ1) is 13.7. The number of nitrogens with one attached hydrogen (secondary N) is 2. The third kappa shape index (κ3) is 2.99. The van der Waals surface area contributed by atoms with E-state index in [4.69, 9.17) is 5.84 Å². The van der Waals surface area contributed by atoms with Gasteiger partial charge in [0.05, 0.1) is 4.47 Å². The average Bonchev–Trinajstić information content (AvgIpc) is 2.37. The van der Waals surface area contributed by atoms with Crippen molar-refractivity contribution < 1.29 is 4.39 Å². The van der Waals surface area contributed by atoms with Crippen LogP contribution in [0.1, 0.15) is 11.4 Å². The van der Waals surface area contributed by atoms with E-state index < -0.39 is 0 Å². The molecular formula is C12H13BrFN5. The van der Waals surface area contributed by atoms with Gasteiger partial charge in [0.2, 0.25) is 0 Å². The summed E-state index contributed by atoms with van der Waals surface area (Å²) in [5.41, 5.74) is 3.87. The molecule has 1 heterocycles. The molecule has 2 aromatic rings. The number of nitrogen functional groups attached to an aromatic ring is 1. The van der Waals surface area contributed by atoms with Gasteiger partial charge in [-0.25, -0.2) is 20.2 Å². The van der Waals surface area contributed by atoms with E-state index in [-0.39, 0.29) is 5.82 Å². The van der Waals surface area contributed by atoms with Gasteiger partial charge in [0.15, 0.2) is 0 Å². The molecule has 4 N–H and O–H groups in total. The smallest absolute Gasteiger partial charge is 0.148 e. The summed E-state index contributed by atoms with van der Waals surface area (Å²) in [5.74, 6) is 6.74. The van der Waals surface area contributed by atoms with Crippen LogP contribution in [0.2, 0.25) is 0 Å². The highest BCUT2D eigenvalue weighted by Gasteiger charge is 2.09. The van der Waals surface area contributed by atoms with Gasteiger partial charge in [-0.05, 0) is 48.0 Å². The van der Waals surface area contributed by atoms with Gasteiger partial charge in [0.25, 0.3) is 0 Å². The second-order valence-electron chi connectivity index (χ2n) is 3.99. The predicted molar refractivity (Wildman–Crippen MR) is 76.7 cm³/mol. The normalized spacial score (nSPS) is 10.4. The molecule has 1 aromatic heterocycles. The number of rotatable bonds is 3. The maximum absolute atomic E-state index is 13.5. The molecule has 0 aliphatic heterocycles. The fourth-order valence-corrected chi connectivity index (χ4v) is 1.85. The van der Waals surface area contributed by atoms with Crippen molar-refractivity contribution in [3.05, 3.63) is 39.9 Å². The van der Waals surface area contributed by atoms with Crippen LogP contribution >= 0.6 is 15.9 Å². The zero-order chi connectivity index (χ0) is 14.0. The van der Waals surface area contributed by atoms with E-state index in [1.165, 1.54) is 6.07 Å². The molecule has 100 valence electrons. The Bertz CT molecular complexity index is 617. The molecule has 0 unspecified atom stereocenters. The zero-order valence-corrected chi connectivity index (χ0v) is 12.0. The average molecular weight is 326 g/mol. The minimum absolute atomic E-state index is 0.342. The number of hydrazine groups is 1. The summed E-state index contributed by atoms with van der Waals surface area (Å²) < 4.78 is 13.9. The van der Waals surface area contributed by atoms with Crippen molar-refractivity contribution in [3.8, 4) is 0 Å². The minimum atomic E-state index is -0.342. The van der Waals surface area contributed by atoms with Crippen LogP contribution in [0, 0.1) is 19.7 Å². The number of nitrogens with zero attached hydrogens (tertiary/aromatic N) is 2. The molecule has 5 nitrogen and oxygen atoms in total. The van der Waals surface area contributed by atoms with Crippen LogP contribution in [0.25, 0.3) is 0 Å². The Morgan fingerprint density at radius 3 is 2.53 bits per heavy atom. The molecule has 0 fully saturated rings. The molecule has 19 heavy (non-hydrogen) atoms. The highest BCUT2D eigenvalue weighted by Crippen LogP contribution is 2.25. The molecule has 0 saturated carbocycles. The molecule has 0 amide bonds. The summed E-state index contributed by atoms with van der Waals surface area (Å²) >= 11 is 3.11. The summed E-state index contributed by atoms with van der Waals surface area (Å²) in [6.07, 6.45) is 0. The van der Waals surface area contributed by atoms with E-state index in [0.29, 0.717) is 27.6 Å². The lowest BCUT2D eigenvalue weighted by atomic mass is 10.2. The summed E-state index contributed by atoms with van der Waals surface area (Å²) in [5, 5.41) is 3.05. The van der Waals surface area contributed by atoms with E-state index >= 15 is 0 Å². The van der Waals surface area contributed by atoms with E-state index in [0.717, 1.165) is 5.56 Å². The fourth-order valence-electron chi connectivity index (χ4n) is 1.60. The summed E-state index contributed by atoms with van der Waals surface area (Å²) in [6.45, 7) is 3.58. The van der Waals surface area contributed by atoms with Gasteiger partial charge in [0, 0.05) is 11.3 Å². The van der Waals surface area contributed by atoms with Crippen molar-refractivity contribution in [2.24, 2.45) is 5.84 Å². The molecule has 0 saturated heterocycles. The van der Waals surface area contributed by atoms with E-state index in [2.05, 4.69) is 36.6 Å². The van der Waals surface area contributed by atoms with Crippen LogP contribution in [0.5, 0.6) is 0 Å². The Kier molecular flexibility index (Phi) is 3.96. The Labute approximate surface area is 118 Å². The Hall–Kier alpha value is -1.73. The Morgan fingerprint density at radius 2 is 1.89 bits per heavy atom. The second-order valence-corrected chi connectivity index (χ2v) is 4.85. The number of halogens is 2. The summed E-state index contributed by atoms with van der Waals surface area (Å²) in [4.78, 5) is 8.43. The van der Waals surface area contributed by atoms with Crippen LogP contribution in [0.4, 0.5) is 21.7 Å². The number of hydrogen-bond acceptors (Lipinski definition) is 5. The van der Waals surface area contributed by atoms with Gasteiger partial charge in [-0.15, -0.1) is 0 Å². The van der Waals surface area contributed by atoms with Gasteiger partial charge in [-0.1, -0.05) is 0 Å². The van der Waals surface area contributed by atoms with Crippen LogP contribution in [0.15, 0.2) is 22.7 Å². The lowest BCUT2D eigenvalue weighted by molar-refractivity contribution is 0.622. The van der Waals surface area contributed by atoms with Crippen molar-refractivity contribution in [3.63, 3.8) is 0 Å². The molecular weight excluding hydrogens is 313 g/mol. The lowest BCUT2D eigenvalue weighted by Crippen LogP contribution is -2.13. The van der Waals surface area contributed by atoms with Gasteiger partial charge in [-0.2, -0.15) is 0 Å². The molecule has 0 aliphatic carbocycles. The number of benzene rings is 1. The zero-order valence-electron chi connectivity index (χ0n) is 10.5. The topological polar surface area (TPSA) is 75.9 Å². The highest BCUT2D eigenvalue weighted by atomic mass is 79.9. The minimum Gasteiger partial charge on any atom is -0.340 e. The quantitative estimate of drug-likeness (QED) is 0.597. The van der Waals surface area contributed by atoms with E-state index in [1.54, 1.807) is 19.1 Å². The first-order chi connectivity index (χ1) is 9.01. The van der Waals surface area contributed by atoms with E-state index in [9.17, 15) is 4.39 Å². The van der Waals surface area contributed by atoms with Gasteiger partial charge < -0.3 is 10.7 Å². The fraction of sp³-hybridized carbons (Fsp3) is 0.167. The molecule has 0 radical (unpaired) electrons. The van der Waals surface area contributed by atoms with Crippen LogP contribution < -0.4 is 16.6 Å².